The van der Waals surface area contributed by atoms with Gasteiger partial charge in [0.05, 0.1) is 24.7 Å². The third kappa shape index (κ3) is 3.85. The number of nitrogens with one attached hydrogen (secondary N) is 2. The Morgan fingerprint density at radius 1 is 1.19 bits per heavy atom. The Morgan fingerprint density at radius 3 is 2.78 bits per heavy atom. The van der Waals surface area contributed by atoms with Crippen molar-refractivity contribution in [2.75, 3.05) is 18.5 Å². The molecule has 1 amide bonds. The number of amides is 1. The van der Waals surface area contributed by atoms with Crippen molar-refractivity contribution in [3.05, 3.63) is 83.0 Å². The number of H-pyrrole nitrogens is 1. The highest BCUT2D eigenvalue weighted by atomic mass is 19.1. The number of imidazole rings is 1. The summed E-state index contributed by atoms with van der Waals surface area (Å²) in [5.41, 5.74) is 2.06. The highest BCUT2D eigenvalue weighted by Crippen LogP contribution is 2.36. The van der Waals surface area contributed by atoms with Gasteiger partial charge in [0.15, 0.2) is 11.5 Å². The van der Waals surface area contributed by atoms with Gasteiger partial charge in [-0.25, -0.2) is 9.37 Å². The summed E-state index contributed by atoms with van der Waals surface area (Å²) >= 11 is 0. The molecule has 1 atom stereocenters. The van der Waals surface area contributed by atoms with Crippen LogP contribution in [0.3, 0.4) is 0 Å². The molecule has 1 aliphatic rings. The first kappa shape index (κ1) is 20.0. The van der Waals surface area contributed by atoms with Gasteiger partial charge in [-0.2, -0.15) is 0 Å². The molecule has 0 bridgehead atoms. The maximum Gasteiger partial charge on any atom is 0.291 e. The fourth-order valence-corrected chi connectivity index (χ4v) is 3.74. The van der Waals surface area contributed by atoms with Crippen molar-refractivity contribution in [2.45, 2.75) is 12.5 Å². The molecule has 2 N–H and O–H groups in total. The first-order valence-corrected chi connectivity index (χ1v) is 10.1. The number of benzene rings is 1. The Morgan fingerprint density at radius 2 is 2.03 bits per heavy atom. The summed E-state index contributed by atoms with van der Waals surface area (Å²) in [6, 6.07) is 12.2. The molecule has 1 unspecified atom stereocenters. The average molecular weight is 434 g/mol. The molecule has 0 aliphatic carbocycles. The van der Waals surface area contributed by atoms with E-state index < -0.39 is 5.91 Å². The SMILES string of the molecule is O=C(Nc1cc[nH]c(=O)c1)c1ccc(-c2c(-c3ccc(F)cc3)ncn2C2CCOC2)o1. The monoisotopic (exact) mass is 434 g/mol. The van der Waals surface area contributed by atoms with Gasteiger partial charge in [0, 0.05) is 30.1 Å². The Kier molecular flexibility index (Phi) is 5.16. The number of aromatic amines is 1. The summed E-state index contributed by atoms with van der Waals surface area (Å²) in [4.78, 5) is 31.1. The molecule has 4 heterocycles. The Labute approximate surface area is 181 Å². The van der Waals surface area contributed by atoms with Crippen molar-refractivity contribution in [1.29, 1.82) is 0 Å². The quantitative estimate of drug-likeness (QED) is 0.497. The number of aromatic nitrogens is 3. The first-order chi connectivity index (χ1) is 15.6. The Hall–Kier alpha value is -3.98. The molecule has 0 radical (unpaired) electrons. The molecule has 1 saturated heterocycles. The standard InChI is InChI=1S/C23H19FN4O4/c24-15-3-1-14(2-4-15)21-22(28(13-26-21)17-8-10-31-12-17)18-5-6-19(32-18)23(30)27-16-7-9-25-20(29)11-16/h1-7,9,11,13,17H,8,10,12H2,(H2,25,27,29,30). The molecule has 4 aromatic rings. The smallest absolute Gasteiger partial charge is 0.291 e. The number of hydrogen-bond donors (Lipinski definition) is 2. The number of ether oxygens (including phenoxy) is 1. The predicted octanol–water partition coefficient (Wildman–Crippen LogP) is 3.85. The van der Waals surface area contributed by atoms with Gasteiger partial charge in [0.25, 0.3) is 5.91 Å². The lowest BCUT2D eigenvalue weighted by Crippen LogP contribution is -2.13. The minimum atomic E-state index is -0.486. The number of carbonyl (C=O) groups excluding carboxylic acids is 1. The van der Waals surface area contributed by atoms with Crippen LogP contribution in [0.4, 0.5) is 10.1 Å². The average Bonchev–Trinajstić information content (AvgIpc) is 3.53. The van der Waals surface area contributed by atoms with Crippen LogP contribution in [0.15, 0.2) is 70.3 Å². The van der Waals surface area contributed by atoms with E-state index in [1.165, 1.54) is 24.4 Å². The zero-order chi connectivity index (χ0) is 22.1. The number of furan rings is 1. The second kappa shape index (κ2) is 8.27. The second-order valence-electron chi connectivity index (χ2n) is 7.43. The summed E-state index contributed by atoms with van der Waals surface area (Å²) in [6.07, 6.45) is 3.98. The van der Waals surface area contributed by atoms with Gasteiger partial charge in [0.1, 0.15) is 11.5 Å². The highest BCUT2D eigenvalue weighted by molar-refractivity contribution is 6.02. The summed E-state index contributed by atoms with van der Waals surface area (Å²) in [5.74, 6) is -0.290. The topological polar surface area (TPSA) is 102 Å². The molecule has 0 spiro atoms. The summed E-state index contributed by atoms with van der Waals surface area (Å²) < 4.78 is 26.9. The van der Waals surface area contributed by atoms with Crippen LogP contribution in [-0.4, -0.2) is 33.7 Å². The second-order valence-corrected chi connectivity index (χ2v) is 7.43. The van der Waals surface area contributed by atoms with Crippen molar-refractivity contribution in [3.8, 4) is 22.7 Å². The van der Waals surface area contributed by atoms with Crippen molar-refractivity contribution < 1.29 is 18.3 Å². The van der Waals surface area contributed by atoms with Crippen LogP contribution in [-0.2, 0) is 4.74 Å². The lowest BCUT2D eigenvalue weighted by atomic mass is 10.1. The number of hydrogen-bond acceptors (Lipinski definition) is 5. The summed E-state index contributed by atoms with van der Waals surface area (Å²) in [5, 5.41) is 2.64. The van der Waals surface area contributed by atoms with Gasteiger partial charge in [-0.15, -0.1) is 0 Å². The van der Waals surface area contributed by atoms with E-state index in [0.717, 1.165) is 12.0 Å². The van der Waals surface area contributed by atoms with Gasteiger partial charge in [-0.05, 0) is 48.9 Å². The minimum absolute atomic E-state index is 0.0742. The van der Waals surface area contributed by atoms with Crippen LogP contribution in [0.5, 0.6) is 0 Å². The van der Waals surface area contributed by atoms with E-state index in [1.807, 2.05) is 4.57 Å². The number of rotatable bonds is 5. The summed E-state index contributed by atoms with van der Waals surface area (Å²) in [6.45, 7) is 1.19. The van der Waals surface area contributed by atoms with Crippen LogP contribution in [0, 0.1) is 5.82 Å². The highest BCUT2D eigenvalue weighted by Gasteiger charge is 2.26. The lowest BCUT2D eigenvalue weighted by Gasteiger charge is -2.14. The molecule has 0 saturated carbocycles. The zero-order valence-electron chi connectivity index (χ0n) is 16.9. The van der Waals surface area contributed by atoms with E-state index in [-0.39, 0.29) is 23.2 Å². The maximum atomic E-state index is 13.4. The third-order valence-corrected chi connectivity index (χ3v) is 5.31. The van der Waals surface area contributed by atoms with E-state index in [4.69, 9.17) is 9.15 Å². The molecular weight excluding hydrogens is 415 g/mol. The molecule has 3 aromatic heterocycles. The van der Waals surface area contributed by atoms with Crippen molar-refractivity contribution in [3.63, 3.8) is 0 Å². The van der Waals surface area contributed by atoms with E-state index in [9.17, 15) is 14.0 Å². The van der Waals surface area contributed by atoms with Crippen LogP contribution >= 0.6 is 0 Å². The zero-order valence-corrected chi connectivity index (χ0v) is 16.9. The molecule has 8 nitrogen and oxygen atoms in total. The molecule has 162 valence electrons. The maximum absolute atomic E-state index is 13.4. The normalized spacial score (nSPS) is 15.7. The number of pyridine rings is 1. The van der Waals surface area contributed by atoms with Gasteiger partial charge in [-0.3, -0.25) is 9.59 Å². The predicted molar refractivity (Wildman–Crippen MR) is 115 cm³/mol. The number of nitrogens with zero attached hydrogens (tertiary/aromatic N) is 2. The van der Waals surface area contributed by atoms with Crippen molar-refractivity contribution in [2.24, 2.45) is 0 Å². The van der Waals surface area contributed by atoms with E-state index in [0.29, 0.717) is 36.0 Å². The fourth-order valence-electron chi connectivity index (χ4n) is 3.74. The molecule has 32 heavy (non-hydrogen) atoms. The fraction of sp³-hybridized carbons (Fsp3) is 0.174. The first-order valence-electron chi connectivity index (χ1n) is 10.1. The number of anilines is 1. The van der Waals surface area contributed by atoms with Crippen LogP contribution in [0.25, 0.3) is 22.7 Å². The van der Waals surface area contributed by atoms with E-state index >= 15 is 0 Å². The van der Waals surface area contributed by atoms with Gasteiger partial charge < -0.3 is 24.0 Å². The molecule has 1 aliphatic heterocycles. The Balaban J connectivity index is 1.51. The molecule has 9 heteroatoms. The molecule has 1 fully saturated rings. The van der Waals surface area contributed by atoms with Crippen LogP contribution < -0.4 is 10.9 Å². The van der Waals surface area contributed by atoms with E-state index in [2.05, 4.69) is 15.3 Å². The van der Waals surface area contributed by atoms with Crippen LogP contribution in [0.2, 0.25) is 0 Å². The van der Waals surface area contributed by atoms with Crippen molar-refractivity contribution >= 4 is 11.6 Å². The molecule has 1 aromatic carbocycles. The van der Waals surface area contributed by atoms with Gasteiger partial charge in [-0.1, -0.05) is 0 Å². The van der Waals surface area contributed by atoms with Gasteiger partial charge in [0.2, 0.25) is 5.56 Å². The van der Waals surface area contributed by atoms with E-state index in [1.54, 1.807) is 36.7 Å². The summed E-state index contributed by atoms with van der Waals surface area (Å²) in [7, 11) is 0. The largest absolute Gasteiger partial charge is 0.449 e. The van der Waals surface area contributed by atoms with Crippen molar-refractivity contribution in [1.82, 2.24) is 14.5 Å². The van der Waals surface area contributed by atoms with Gasteiger partial charge >= 0.3 is 0 Å². The Bertz CT molecular complexity index is 1320. The molecule has 5 rings (SSSR count). The lowest BCUT2D eigenvalue weighted by molar-refractivity contribution is 0.0997. The third-order valence-electron chi connectivity index (χ3n) is 5.31. The van der Waals surface area contributed by atoms with Crippen LogP contribution in [0.1, 0.15) is 23.0 Å². The minimum Gasteiger partial charge on any atom is -0.449 e. The number of carbonyl (C=O) groups is 1. The number of halogens is 1. The molecular formula is C23H19FN4O4.